The van der Waals surface area contributed by atoms with E-state index in [1.807, 2.05) is 0 Å². The molecule has 0 radical (unpaired) electrons. The van der Waals surface area contributed by atoms with E-state index in [0.29, 0.717) is 12.1 Å². The highest BCUT2D eigenvalue weighted by Gasteiger charge is 2.31. The third-order valence-electron chi connectivity index (χ3n) is 3.62. The van der Waals surface area contributed by atoms with Crippen LogP contribution in [0.5, 0.6) is 0 Å². The SMILES string of the molecule is CCc1cn2c(n1)NCCC2C1CCCO1. The molecular weight excluding hydrogens is 202 g/mol. The number of nitrogens with zero attached hydrogens (tertiary/aromatic N) is 2. The van der Waals surface area contributed by atoms with Crippen LogP contribution in [0, 0.1) is 0 Å². The maximum Gasteiger partial charge on any atom is 0.203 e. The van der Waals surface area contributed by atoms with E-state index in [2.05, 4.69) is 28.0 Å². The molecule has 88 valence electrons. The van der Waals surface area contributed by atoms with Crippen molar-refractivity contribution in [2.24, 2.45) is 0 Å². The van der Waals surface area contributed by atoms with Crippen molar-refractivity contribution < 1.29 is 4.74 Å². The number of hydrogen-bond acceptors (Lipinski definition) is 3. The standard InChI is InChI=1S/C12H19N3O/c1-2-9-8-15-10(11-4-3-7-16-11)5-6-13-12(15)14-9/h8,10-11H,2-7H2,1H3,(H,13,14). The molecule has 16 heavy (non-hydrogen) atoms. The van der Waals surface area contributed by atoms with Crippen molar-refractivity contribution in [3.8, 4) is 0 Å². The highest BCUT2D eigenvalue weighted by molar-refractivity contribution is 5.32. The molecule has 0 bridgehead atoms. The Labute approximate surface area is 96.0 Å². The fourth-order valence-corrected chi connectivity index (χ4v) is 2.74. The van der Waals surface area contributed by atoms with Gasteiger partial charge in [0.2, 0.25) is 5.95 Å². The van der Waals surface area contributed by atoms with Crippen molar-refractivity contribution in [3.05, 3.63) is 11.9 Å². The Morgan fingerprint density at radius 1 is 1.56 bits per heavy atom. The summed E-state index contributed by atoms with van der Waals surface area (Å²) in [6.07, 6.45) is 7.15. The molecule has 1 aromatic rings. The molecule has 2 aliphatic heterocycles. The number of hydrogen-bond donors (Lipinski definition) is 1. The molecule has 1 fully saturated rings. The van der Waals surface area contributed by atoms with Crippen LogP contribution in [0.25, 0.3) is 0 Å². The number of ether oxygens (including phenoxy) is 1. The Morgan fingerprint density at radius 2 is 2.50 bits per heavy atom. The van der Waals surface area contributed by atoms with Gasteiger partial charge in [-0.25, -0.2) is 4.98 Å². The lowest BCUT2D eigenvalue weighted by Gasteiger charge is -2.30. The predicted molar refractivity (Wildman–Crippen MR) is 62.7 cm³/mol. The Hall–Kier alpha value is -1.03. The molecule has 1 saturated heterocycles. The van der Waals surface area contributed by atoms with Gasteiger partial charge in [0.05, 0.1) is 17.8 Å². The van der Waals surface area contributed by atoms with Gasteiger partial charge in [-0.15, -0.1) is 0 Å². The van der Waals surface area contributed by atoms with Gasteiger partial charge in [-0.1, -0.05) is 6.92 Å². The molecule has 2 atom stereocenters. The lowest BCUT2D eigenvalue weighted by atomic mass is 10.0. The van der Waals surface area contributed by atoms with Crippen molar-refractivity contribution in [1.29, 1.82) is 0 Å². The number of rotatable bonds is 2. The number of imidazole rings is 1. The van der Waals surface area contributed by atoms with Crippen LogP contribution in [0.4, 0.5) is 5.95 Å². The Kier molecular flexibility index (Phi) is 2.59. The van der Waals surface area contributed by atoms with Crippen LogP contribution < -0.4 is 5.32 Å². The zero-order valence-corrected chi connectivity index (χ0v) is 9.78. The van der Waals surface area contributed by atoms with Gasteiger partial charge in [0.15, 0.2) is 0 Å². The molecule has 1 aromatic heterocycles. The summed E-state index contributed by atoms with van der Waals surface area (Å²) in [5, 5.41) is 3.37. The summed E-state index contributed by atoms with van der Waals surface area (Å²) in [6.45, 7) is 4.10. The number of aryl methyl sites for hydroxylation is 1. The van der Waals surface area contributed by atoms with Crippen LogP contribution in [0.1, 0.15) is 37.9 Å². The third kappa shape index (κ3) is 1.61. The van der Waals surface area contributed by atoms with E-state index >= 15 is 0 Å². The van der Waals surface area contributed by atoms with Gasteiger partial charge in [-0.3, -0.25) is 0 Å². The minimum absolute atomic E-state index is 0.403. The van der Waals surface area contributed by atoms with E-state index in [1.165, 1.54) is 18.5 Å². The van der Waals surface area contributed by atoms with Crippen LogP contribution >= 0.6 is 0 Å². The first-order valence-corrected chi connectivity index (χ1v) is 6.31. The molecule has 0 amide bonds. The van der Waals surface area contributed by atoms with Gasteiger partial charge < -0.3 is 14.6 Å². The second-order valence-corrected chi connectivity index (χ2v) is 4.65. The maximum absolute atomic E-state index is 5.82. The number of fused-ring (bicyclic) bond motifs is 1. The Morgan fingerprint density at radius 3 is 3.25 bits per heavy atom. The summed E-state index contributed by atoms with van der Waals surface area (Å²) >= 11 is 0. The molecular formula is C12H19N3O. The minimum Gasteiger partial charge on any atom is -0.376 e. The second kappa shape index (κ2) is 4.09. The predicted octanol–water partition coefficient (Wildman–Crippen LogP) is 1.98. The van der Waals surface area contributed by atoms with Crippen LogP contribution in [0.2, 0.25) is 0 Å². The molecule has 0 saturated carbocycles. The second-order valence-electron chi connectivity index (χ2n) is 4.65. The monoisotopic (exact) mass is 221 g/mol. The van der Waals surface area contributed by atoms with Gasteiger partial charge >= 0.3 is 0 Å². The van der Waals surface area contributed by atoms with Crippen molar-refractivity contribution in [1.82, 2.24) is 9.55 Å². The van der Waals surface area contributed by atoms with Gasteiger partial charge in [-0.05, 0) is 25.7 Å². The molecule has 2 aliphatic rings. The Balaban J connectivity index is 1.89. The zero-order chi connectivity index (χ0) is 11.0. The molecule has 4 nitrogen and oxygen atoms in total. The van der Waals surface area contributed by atoms with E-state index < -0.39 is 0 Å². The smallest absolute Gasteiger partial charge is 0.203 e. The molecule has 0 aliphatic carbocycles. The summed E-state index contributed by atoms with van der Waals surface area (Å²) in [5.74, 6) is 1.03. The normalized spacial score (nSPS) is 28.8. The first kappa shape index (κ1) is 10.1. The summed E-state index contributed by atoms with van der Waals surface area (Å²) in [4.78, 5) is 4.59. The van der Waals surface area contributed by atoms with Gasteiger partial charge in [0.25, 0.3) is 0 Å². The maximum atomic E-state index is 5.82. The summed E-state index contributed by atoms with van der Waals surface area (Å²) < 4.78 is 8.11. The first-order chi connectivity index (χ1) is 7.88. The average Bonchev–Trinajstić information content (AvgIpc) is 2.97. The Bertz CT molecular complexity index is 368. The fraction of sp³-hybridized carbons (Fsp3) is 0.750. The highest BCUT2D eigenvalue weighted by Crippen LogP contribution is 2.32. The summed E-state index contributed by atoms with van der Waals surface area (Å²) in [6, 6.07) is 0.492. The van der Waals surface area contributed by atoms with Crippen LogP contribution in [0.3, 0.4) is 0 Å². The first-order valence-electron chi connectivity index (χ1n) is 6.31. The third-order valence-corrected chi connectivity index (χ3v) is 3.62. The highest BCUT2D eigenvalue weighted by atomic mass is 16.5. The minimum atomic E-state index is 0.403. The topological polar surface area (TPSA) is 39.1 Å². The molecule has 0 aromatic carbocycles. The van der Waals surface area contributed by atoms with Crippen molar-refractivity contribution in [3.63, 3.8) is 0 Å². The summed E-state index contributed by atoms with van der Waals surface area (Å²) in [7, 11) is 0. The average molecular weight is 221 g/mol. The number of aromatic nitrogens is 2. The van der Waals surface area contributed by atoms with Crippen LogP contribution in [0.15, 0.2) is 6.20 Å². The molecule has 0 spiro atoms. The van der Waals surface area contributed by atoms with E-state index in [0.717, 1.165) is 31.9 Å². The number of nitrogens with one attached hydrogen (secondary N) is 1. The van der Waals surface area contributed by atoms with Crippen molar-refractivity contribution in [2.45, 2.75) is 44.8 Å². The summed E-state index contributed by atoms with van der Waals surface area (Å²) in [5.41, 5.74) is 1.17. The molecule has 4 heteroatoms. The van der Waals surface area contributed by atoms with Gasteiger partial charge in [0.1, 0.15) is 0 Å². The molecule has 3 heterocycles. The number of anilines is 1. The van der Waals surface area contributed by atoms with E-state index in [-0.39, 0.29) is 0 Å². The van der Waals surface area contributed by atoms with Crippen LogP contribution in [-0.4, -0.2) is 28.8 Å². The molecule has 2 unspecified atom stereocenters. The quantitative estimate of drug-likeness (QED) is 0.830. The molecule has 3 rings (SSSR count). The van der Waals surface area contributed by atoms with Crippen molar-refractivity contribution >= 4 is 5.95 Å². The van der Waals surface area contributed by atoms with Gasteiger partial charge in [-0.2, -0.15) is 0 Å². The van der Waals surface area contributed by atoms with E-state index in [9.17, 15) is 0 Å². The van der Waals surface area contributed by atoms with Crippen LogP contribution in [-0.2, 0) is 11.2 Å². The van der Waals surface area contributed by atoms with Gasteiger partial charge in [0, 0.05) is 19.3 Å². The van der Waals surface area contributed by atoms with E-state index in [4.69, 9.17) is 4.74 Å². The lowest BCUT2D eigenvalue weighted by Crippen LogP contribution is -2.30. The fourth-order valence-electron chi connectivity index (χ4n) is 2.74. The lowest BCUT2D eigenvalue weighted by molar-refractivity contribution is 0.0636. The van der Waals surface area contributed by atoms with E-state index in [1.54, 1.807) is 0 Å². The molecule has 1 N–H and O–H groups in total. The largest absolute Gasteiger partial charge is 0.376 e. The van der Waals surface area contributed by atoms with Crippen molar-refractivity contribution in [2.75, 3.05) is 18.5 Å². The zero-order valence-electron chi connectivity index (χ0n) is 9.78.